The first-order valence-corrected chi connectivity index (χ1v) is 8.27. The van der Waals surface area contributed by atoms with Gasteiger partial charge in [0.1, 0.15) is 0 Å². The first-order chi connectivity index (χ1) is 9.88. The standard InChI is InChI=1S/C18H27NO/c1-2-9-19-18(15-7-5-10-20-13-15)12-16-11-14-6-3-4-8-17(14)16/h3-4,6,8,15-16,18-19H,2,5,7,9-13H2,1H3. The maximum atomic E-state index is 5.71. The van der Waals surface area contributed by atoms with Gasteiger partial charge < -0.3 is 10.1 Å². The molecule has 0 amide bonds. The Kier molecular flexibility index (Phi) is 4.74. The largest absolute Gasteiger partial charge is 0.381 e. The fraction of sp³-hybridized carbons (Fsp3) is 0.667. The maximum Gasteiger partial charge on any atom is 0.0509 e. The molecule has 0 bridgehead atoms. The van der Waals surface area contributed by atoms with Crippen molar-refractivity contribution >= 4 is 0 Å². The van der Waals surface area contributed by atoms with Crippen LogP contribution < -0.4 is 5.32 Å². The summed E-state index contributed by atoms with van der Waals surface area (Å²) in [6, 6.07) is 9.58. The van der Waals surface area contributed by atoms with Gasteiger partial charge in [-0.3, -0.25) is 0 Å². The van der Waals surface area contributed by atoms with Gasteiger partial charge in [-0.15, -0.1) is 0 Å². The number of fused-ring (bicyclic) bond motifs is 1. The summed E-state index contributed by atoms with van der Waals surface area (Å²) in [5, 5.41) is 3.79. The number of rotatable bonds is 6. The molecule has 1 heterocycles. The Balaban J connectivity index is 1.61. The second-order valence-corrected chi connectivity index (χ2v) is 6.37. The van der Waals surface area contributed by atoms with E-state index in [0.717, 1.165) is 25.7 Å². The molecule has 1 saturated heterocycles. The zero-order valence-corrected chi connectivity index (χ0v) is 12.6. The van der Waals surface area contributed by atoms with E-state index in [0.29, 0.717) is 12.0 Å². The van der Waals surface area contributed by atoms with Crippen molar-refractivity contribution < 1.29 is 4.74 Å². The van der Waals surface area contributed by atoms with Crippen LogP contribution in [0.1, 0.15) is 49.7 Å². The topological polar surface area (TPSA) is 21.3 Å². The molecule has 0 aromatic heterocycles. The Morgan fingerprint density at radius 3 is 3.00 bits per heavy atom. The summed E-state index contributed by atoms with van der Waals surface area (Å²) in [5.41, 5.74) is 3.15. The lowest BCUT2D eigenvalue weighted by Gasteiger charge is -2.37. The number of benzene rings is 1. The van der Waals surface area contributed by atoms with Gasteiger partial charge in [-0.25, -0.2) is 0 Å². The number of hydrogen-bond acceptors (Lipinski definition) is 2. The zero-order valence-electron chi connectivity index (χ0n) is 12.6. The van der Waals surface area contributed by atoms with Crippen molar-refractivity contribution in [1.82, 2.24) is 5.32 Å². The molecule has 1 N–H and O–H groups in total. The lowest BCUT2D eigenvalue weighted by atomic mass is 9.72. The van der Waals surface area contributed by atoms with Gasteiger partial charge in [0.15, 0.2) is 0 Å². The summed E-state index contributed by atoms with van der Waals surface area (Å²) < 4.78 is 5.71. The molecular formula is C18H27NO. The van der Waals surface area contributed by atoms with E-state index in [1.54, 1.807) is 11.1 Å². The zero-order chi connectivity index (χ0) is 13.8. The van der Waals surface area contributed by atoms with Crippen LogP contribution in [0.5, 0.6) is 0 Å². The van der Waals surface area contributed by atoms with Gasteiger partial charge in [-0.2, -0.15) is 0 Å². The summed E-state index contributed by atoms with van der Waals surface area (Å²) in [4.78, 5) is 0. The Hall–Kier alpha value is -0.860. The lowest BCUT2D eigenvalue weighted by Crippen LogP contribution is -2.42. The van der Waals surface area contributed by atoms with Gasteiger partial charge in [-0.05, 0) is 61.6 Å². The maximum absolute atomic E-state index is 5.71. The van der Waals surface area contributed by atoms with Crippen LogP contribution >= 0.6 is 0 Å². The molecule has 3 unspecified atom stereocenters. The van der Waals surface area contributed by atoms with Crippen molar-refractivity contribution in [3.05, 3.63) is 35.4 Å². The van der Waals surface area contributed by atoms with E-state index in [1.165, 1.54) is 32.1 Å². The summed E-state index contributed by atoms with van der Waals surface area (Å²) in [6.45, 7) is 5.30. The van der Waals surface area contributed by atoms with Crippen molar-refractivity contribution in [3.8, 4) is 0 Å². The van der Waals surface area contributed by atoms with Crippen molar-refractivity contribution in [2.45, 2.75) is 51.0 Å². The van der Waals surface area contributed by atoms with Gasteiger partial charge in [0.25, 0.3) is 0 Å². The van der Waals surface area contributed by atoms with Crippen LogP contribution in [0, 0.1) is 5.92 Å². The Labute approximate surface area is 122 Å². The van der Waals surface area contributed by atoms with E-state index >= 15 is 0 Å². The average molecular weight is 273 g/mol. The molecule has 1 aliphatic heterocycles. The minimum atomic E-state index is 0.633. The molecule has 0 saturated carbocycles. The summed E-state index contributed by atoms with van der Waals surface area (Å²) in [7, 11) is 0. The van der Waals surface area contributed by atoms with E-state index in [1.807, 2.05) is 0 Å². The molecule has 2 aliphatic rings. The van der Waals surface area contributed by atoms with Crippen LogP contribution in [0.2, 0.25) is 0 Å². The first kappa shape index (κ1) is 14.1. The van der Waals surface area contributed by atoms with Crippen LogP contribution in [-0.2, 0) is 11.2 Å². The quantitative estimate of drug-likeness (QED) is 0.856. The van der Waals surface area contributed by atoms with Crippen LogP contribution in [-0.4, -0.2) is 25.8 Å². The molecule has 3 rings (SSSR count). The third-order valence-corrected chi connectivity index (χ3v) is 4.92. The molecular weight excluding hydrogens is 246 g/mol. The highest BCUT2D eigenvalue weighted by Crippen LogP contribution is 2.39. The molecule has 2 nitrogen and oxygen atoms in total. The van der Waals surface area contributed by atoms with E-state index in [4.69, 9.17) is 4.74 Å². The lowest BCUT2D eigenvalue weighted by molar-refractivity contribution is 0.0364. The number of hydrogen-bond donors (Lipinski definition) is 1. The molecule has 1 aromatic rings. The van der Waals surface area contributed by atoms with E-state index in [-0.39, 0.29) is 0 Å². The number of nitrogens with one attached hydrogen (secondary N) is 1. The van der Waals surface area contributed by atoms with Crippen molar-refractivity contribution in [1.29, 1.82) is 0 Å². The third-order valence-electron chi connectivity index (χ3n) is 4.92. The van der Waals surface area contributed by atoms with Gasteiger partial charge in [0.05, 0.1) is 6.61 Å². The van der Waals surface area contributed by atoms with Crippen LogP contribution in [0.15, 0.2) is 24.3 Å². The Morgan fingerprint density at radius 1 is 1.35 bits per heavy atom. The predicted octanol–water partition coefficient (Wildman–Crippen LogP) is 3.51. The molecule has 1 aromatic carbocycles. The van der Waals surface area contributed by atoms with Gasteiger partial charge in [0.2, 0.25) is 0 Å². The normalized spacial score (nSPS) is 26.6. The highest BCUT2D eigenvalue weighted by atomic mass is 16.5. The molecule has 20 heavy (non-hydrogen) atoms. The van der Waals surface area contributed by atoms with E-state index < -0.39 is 0 Å². The van der Waals surface area contributed by atoms with Crippen molar-refractivity contribution in [3.63, 3.8) is 0 Å². The monoisotopic (exact) mass is 273 g/mol. The molecule has 1 aliphatic carbocycles. The second kappa shape index (κ2) is 6.73. The SMILES string of the molecule is CCCNC(CC1Cc2ccccc21)C1CCCOC1. The minimum absolute atomic E-state index is 0.633. The van der Waals surface area contributed by atoms with E-state index in [2.05, 4.69) is 36.5 Å². The average Bonchev–Trinajstić information content (AvgIpc) is 2.49. The van der Waals surface area contributed by atoms with Gasteiger partial charge in [0, 0.05) is 12.6 Å². The van der Waals surface area contributed by atoms with Crippen LogP contribution in [0.25, 0.3) is 0 Å². The predicted molar refractivity (Wildman–Crippen MR) is 83.1 cm³/mol. The van der Waals surface area contributed by atoms with Gasteiger partial charge in [-0.1, -0.05) is 31.2 Å². The fourth-order valence-electron chi connectivity index (χ4n) is 3.73. The second-order valence-electron chi connectivity index (χ2n) is 6.37. The minimum Gasteiger partial charge on any atom is -0.381 e. The van der Waals surface area contributed by atoms with Crippen LogP contribution in [0.4, 0.5) is 0 Å². The van der Waals surface area contributed by atoms with Crippen LogP contribution in [0.3, 0.4) is 0 Å². The van der Waals surface area contributed by atoms with Crippen molar-refractivity contribution in [2.75, 3.05) is 19.8 Å². The molecule has 3 atom stereocenters. The number of ether oxygens (including phenoxy) is 1. The highest BCUT2D eigenvalue weighted by molar-refractivity contribution is 5.39. The Bertz CT molecular complexity index is 425. The molecule has 0 spiro atoms. The molecule has 0 radical (unpaired) electrons. The first-order valence-electron chi connectivity index (χ1n) is 8.27. The third kappa shape index (κ3) is 3.07. The summed E-state index contributed by atoms with van der Waals surface area (Å²) in [5.74, 6) is 1.48. The molecule has 110 valence electrons. The fourth-order valence-corrected chi connectivity index (χ4v) is 3.73. The molecule has 2 heteroatoms. The smallest absolute Gasteiger partial charge is 0.0509 e. The van der Waals surface area contributed by atoms with E-state index in [9.17, 15) is 0 Å². The Morgan fingerprint density at radius 2 is 2.25 bits per heavy atom. The summed E-state index contributed by atoms with van der Waals surface area (Å²) in [6.07, 6.45) is 6.33. The van der Waals surface area contributed by atoms with Crippen molar-refractivity contribution in [2.24, 2.45) is 5.92 Å². The van der Waals surface area contributed by atoms with Gasteiger partial charge >= 0.3 is 0 Å². The highest BCUT2D eigenvalue weighted by Gasteiger charge is 2.31. The molecule has 1 fully saturated rings. The summed E-state index contributed by atoms with van der Waals surface area (Å²) >= 11 is 0.